The summed E-state index contributed by atoms with van der Waals surface area (Å²) >= 11 is 0. The Balaban J connectivity index is 2.31. The minimum atomic E-state index is 0.832. The molecule has 0 saturated heterocycles. The van der Waals surface area contributed by atoms with Crippen molar-refractivity contribution in [3.8, 4) is 11.3 Å². The molecule has 1 aromatic carbocycles. The molecule has 3 nitrogen and oxygen atoms in total. The minimum Gasteiger partial charge on any atom is -0.464 e. The summed E-state index contributed by atoms with van der Waals surface area (Å²) in [6.07, 6.45) is 3.34. The average Bonchev–Trinajstić information content (AvgIpc) is 2.78. The van der Waals surface area contributed by atoms with E-state index in [1.807, 2.05) is 36.4 Å². The molecule has 3 heteroatoms. The Morgan fingerprint density at radius 2 is 2.00 bits per heavy atom. The Kier molecular flexibility index (Phi) is 1.75. The van der Waals surface area contributed by atoms with Gasteiger partial charge in [0.15, 0.2) is 0 Å². The van der Waals surface area contributed by atoms with Gasteiger partial charge < -0.3 is 4.42 Å². The lowest BCUT2D eigenvalue weighted by molar-refractivity contribution is 0.616. The van der Waals surface area contributed by atoms with E-state index in [0.29, 0.717) is 0 Å². The molecule has 0 atom stereocenters. The number of para-hydroxylation sites is 1. The van der Waals surface area contributed by atoms with Crippen LogP contribution in [0, 0.1) is 0 Å². The van der Waals surface area contributed by atoms with Gasteiger partial charge in [-0.15, -0.1) is 0 Å². The van der Waals surface area contributed by atoms with Crippen LogP contribution in [-0.4, -0.2) is 10.2 Å². The maximum Gasteiger partial charge on any atom is 0.143 e. The summed E-state index contributed by atoms with van der Waals surface area (Å²) in [7, 11) is 0. The van der Waals surface area contributed by atoms with Crippen molar-refractivity contribution >= 4 is 11.0 Å². The molecule has 0 fully saturated rings. The third-order valence-corrected chi connectivity index (χ3v) is 2.33. The van der Waals surface area contributed by atoms with Crippen LogP contribution in [-0.2, 0) is 0 Å². The predicted octanol–water partition coefficient (Wildman–Crippen LogP) is 2.89. The molecule has 3 rings (SSSR count). The molecule has 0 bridgehead atoms. The lowest BCUT2D eigenvalue weighted by Gasteiger charge is -1.99. The van der Waals surface area contributed by atoms with Gasteiger partial charge in [0.05, 0.1) is 12.0 Å². The van der Waals surface area contributed by atoms with Crippen molar-refractivity contribution in [3.05, 3.63) is 48.9 Å². The van der Waals surface area contributed by atoms with E-state index in [1.54, 1.807) is 12.5 Å². The van der Waals surface area contributed by atoms with Gasteiger partial charge >= 0.3 is 0 Å². The molecular weight excluding hydrogens is 188 g/mol. The first-order chi connectivity index (χ1) is 7.45. The summed E-state index contributed by atoms with van der Waals surface area (Å²) in [6.45, 7) is 0. The van der Waals surface area contributed by atoms with Gasteiger partial charge in [0.1, 0.15) is 5.58 Å². The highest BCUT2D eigenvalue weighted by Gasteiger charge is 2.06. The van der Waals surface area contributed by atoms with Crippen LogP contribution in [0.1, 0.15) is 0 Å². The molecule has 3 aromatic rings. The Labute approximate surface area is 86.4 Å². The number of fused-ring (bicyclic) bond motifs is 1. The van der Waals surface area contributed by atoms with Crippen molar-refractivity contribution in [1.29, 1.82) is 0 Å². The van der Waals surface area contributed by atoms with Crippen molar-refractivity contribution in [2.75, 3.05) is 0 Å². The Morgan fingerprint density at radius 1 is 1.00 bits per heavy atom. The maximum absolute atomic E-state index is 5.44. The number of hydrogen-bond donors (Lipinski definition) is 0. The first-order valence-electron chi connectivity index (χ1n) is 4.69. The van der Waals surface area contributed by atoms with E-state index >= 15 is 0 Å². The van der Waals surface area contributed by atoms with Gasteiger partial charge in [-0.05, 0) is 24.3 Å². The molecule has 0 radical (unpaired) electrons. The first kappa shape index (κ1) is 8.17. The van der Waals surface area contributed by atoms with Gasteiger partial charge in [-0.3, -0.25) is 0 Å². The average molecular weight is 196 g/mol. The van der Waals surface area contributed by atoms with Gasteiger partial charge in [-0.25, -0.2) is 0 Å². The van der Waals surface area contributed by atoms with E-state index in [0.717, 1.165) is 22.2 Å². The molecule has 15 heavy (non-hydrogen) atoms. The van der Waals surface area contributed by atoms with Crippen LogP contribution in [0.3, 0.4) is 0 Å². The number of aromatic nitrogens is 2. The van der Waals surface area contributed by atoms with Gasteiger partial charge in [0.25, 0.3) is 0 Å². The fourth-order valence-corrected chi connectivity index (χ4v) is 1.64. The normalized spacial score (nSPS) is 10.7. The van der Waals surface area contributed by atoms with Gasteiger partial charge in [0, 0.05) is 17.1 Å². The highest BCUT2D eigenvalue weighted by molar-refractivity contribution is 5.91. The van der Waals surface area contributed by atoms with Crippen LogP contribution >= 0.6 is 0 Å². The first-order valence-corrected chi connectivity index (χ1v) is 4.69. The number of furan rings is 1. The third-order valence-electron chi connectivity index (χ3n) is 2.33. The SMILES string of the molecule is c1cnnc(-c2cccc3ccoc23)c1. The smallest absolute Gasteiger partial charge is 0.143 e. The van der Waals surface area contributed by atoms with Crippen molar-refractivity contribution < 1.29 is 4.42 Å². The van der Waals surface area contributed by atoms with Crippen LogP contribution in [0.5, 0.6) is 0 Å². The highest BCUT2D eigenvalue weighted by Crippen LogP contribution is 2.27. The molecule has 0 spiro atoms. The summed E-state index contributed by atoms with van der Waals surface area (Å²) < 4.78 is 5.44. The molecule has 2 aromatic heterocycles. The summed E-state index contributed by atoms with van der Waals surface area (Å²) in [4.78, 5) is 0. The molecule has 0 unspecified atom stereocenters. The second kappa shape index (κ2) is 3.20. The highest BCUT2D eigenvalue weighted by atomic mass is 16.3. The van der Waals surface area contributed by atoms with Crippen LogP contribution in [0.15, 0.2) is 53.3 Å². The minimum absolute atomic E-state index is 0.832. The molecule has 0 N–H and O–H groups in total. The van der Waals surface area contributed by atoms with Crippen LogP contribution in [0.2, 0.25) is 0 Å². The zero-order valence-corrected chi connectivity index (χ0v) is 7.92. The molecular formula is C12H8N2O. The van der Waals surface area contributed by atoms with Crippen LogP contribution in [0.4, 0.5) is 0 Å². The lowest BCUT2D eigenvalue weighted by Crippen LogP contribution is -1.85. The van der Waals surface area contributed by atoms with Crippen molar-refractivity contribution in [2.45, 2.75) is 0 Å². The van der Waals surface area contributed by atoms with Crippen molar-refractivity contribution in [3.63, 3.8) is 0 Å². The van der Waals surface area contributed by atoms with Crippen molar-refractivity contribution in [2.24, 2.45) is 0 Å². The van der Waals surface area contributed by atoms with Crippen molar-refractivity contribution in [1.82, 2.24) is 10.2 Å². The monoisotopic (exact) mass is 196 g/mol. The van der Waals surface area contributed by atoms with Gasteiger partial charge in [-0.1, -0.05) is 12.1 Å². The molecule has 0 aliphatic rings. The molecule has 0 aliphatic carbocycles. The van der Waals surface area contributed by atoms with E-state index in [-0.39, 0.29) is 0 Å². The molecule has 2 heterocycles. The molecule has 0 amide bonds. The quantitative estimate of drug-likeness (QED) is 0.600. The lowest BCUT2D eigenvalue weighted by atomic mass is 10.1. The van der Waals surface area contributed by atoms with Gasteiger partial charge in [0.2, 0.25) is 0 Å². The second-order valence-electron chi connectivity index (χ2n) is 3.25. The topological polar surface area (TPSA) is 38.9 Å². The Bertz CT molecular complexity index is 587. The fourth-order valence-electron chi connectivity index (χ4n) is 1.64. The van der Waals surface area contributed by atoms with E-state index in [9.17, 15) is 0 Å². The fraction of sp³-hybridized carbons (Fsp3) is 0. The molecule has 72 valence electrons. The number of rotatable bonds is 1. The number of nitrogens with zero attached hydrogens (tertiary/aromatic N) is 2. The van der Waals surface area contributed by atoms with E-state index < -0.39 is 0 Å². The Morgan fingerprint density at radius 3 is 2.87 bits per heavy atom. The number of hydrogen-bond acceptors (Lipinski definition) is 3. The summed E-state index contributed by atoms with van der Waals surface area (Å²) in [5.74, 6) is 0. The maximum atomic E-state index is 5.44. The van der Waals surface area contributed by atoms with E-state index in [2.05, 4.69) is 10.2 Å². The van der Waals surface area contributed by atoms with Gasteiger partial charge in [-0.2, -0.15) is 10.2 Å². The Hall–Kier alpha value is -2.16. The molecule has 0 saturated carbocycles. The van der Waals surface area contributed by atoms with Crippen LogP contribution in [0.25, 0.3) is 22.2 Å². The number of benzene rings is 1. The van der Waals surface area contributed by atoms with E-state index in [4.69, 9.17) is 4.42 Å². The van der Waals surface area contributed by atoms with Crippen LogP contribution < -0.4 is 0 Å². The summed E-state index contributed by atoms with van der Waals surface area (Å²) in [5.41, 5.74) is 2.67. The molecule has 0 aliphatic heterocycles. The second-order valence-corrected chi connectivity index (χ2v) is 3.25. The third kappa shape index (κ3) is 1.29. The predicted molar refractivity (Wildman–Crippen MR) is 57.2 cm³/mol. The summed E-state index contributed by atoms with van der Waals surface area (Å²) in [5, 5.41) is 9.01. The zero-order valence-electron chi connectivity index (χ0n) is 7.92. The largest absolute Gasteiger partial charge is 0.464 e. The summed E-state index contributed by atoms with van der Waals surface area (Å²) in [6, 6.07) is 11.7. The standard InChI is InChI=1S/C12H8N2O/c1-3-9-6-8-15-12(9)10(4-1)11-5-2-7-13-14-11/h1-8H. The van der Waals surface area contributed by atoms with E-state index in [1.165, 1.54) is 0 Å². The zero-order chi connectivity index (χ0) is 10.1.